The van der Waals surface area contributed by atoms with Gasteiger partial charge in [0.1, 0.15) is 11.5 Å². The van der Waals surface area contributed by atoms with E-state index in [9.17, 15) is 9.59 Å². The number of hydrogen-bond acceptors (Lipinski definition) is 5. The molecule has 0 saturated carbocycles. The Hall–Kier alpha value is -2.77. The number of anilines is 1. The highest BCUT2D eigenvalue weighted by molar-refractivity contribution is 6.01. The number of amides is 1. The molecule has 2 rings (SSSR count). The van der Waals surface area contributed by atoms with Crippen molar-refractivity contribution in [3.63, 3.8) is 0 Å². The van der Waals surface area contributed by atoms with Crippen molar-refractivity contribution in [2.45, 2.75) is 19.8 Å². The van der Waals surface area contributed by atoms with Crippen LogP contribution in [0.1, 0.15) is 46.7 Å². The molecule has 0 radical (unpaired) electrons. The number of H-pyrrole nitrogens is 1. The van der Waals surface area contributed by atoms with Crippen LogP contribution in [0.4, 0.5) is 5.69 Å². The average molecular weight is 275 g/mol. The predicted octanol–water partition coefficient (Wildman–Crippen LogP) is 1.27. The number of hydrogen-bond donors (Lipinski definition) is 3. The Morgan fingerprint density at radius 1 is 1.35 bits per heavy atom. The van der Waals surface area contributed by atoms with E-state index in [1.165, 1.54) is 18.3 Å². The SMILES string of the molecule is CC(C)c1nc(C(=O)Nc2ccc(C(=O)O)nc2)n[nH]1. The van der Waals surface area contributed by atoms with Crippen LogP contribution >= 0.6 is 0 Å². The summed E-state index contributed by atoms with van der Waals surface area (Å²) in [5.74, 6) is -0.831. The number of nitrogens with one attached hydrogen (secondary N) is 2. The van der Waals surface area contributed by atoms with E-state index >= 15 is 0 Å². The summed E-state index contributed by atoms with van der Waals surface area (Å²) in [4.78, 5) is 30.3. The van der Waals surface area contributed by atoms with E-state index in [1.54, 1.807) is 0 Å². The Morgan fingerprint density at radius 3 is 2.60 bits per heavy atom. The molecular weight excluding hydrogens is 262 g/mol. The number of nitrogens with zero attached hydrogens (tertiary/aromatic N) is 3. The first-order chi connectivity index (χ1) is 9.47. The molecule has 0 fully saturated rings. The monoisotopic (exact) mass is 275 g/mol. The topological polar surface area (TPSA) is 121 Å². The van der Waals surface area contributed by atoms with Crippen LogP contribution in [-0.4, -0.2) is 37.1 Å². The summed E-state index contributed by atoms with van der Waals surface area (Å²) in [6.45, 7) is 3.85. The minimum absolute atomic E-state index is 0.0241. The van der Waals surface area contributed by atoms with E-state index in [-0.39, 0.29) is 17.4 Å². The van der Waals surface area contributed by atoms with Crippen molar-refractivity contribution in [1.82, 2.24) is 20.2 Å². The van der Waals surface area contributed by atoms with E-state index in [1.807, 2.05) is 13.8 Å². The molecule has 0 unspecified atom stereocenters. The summed E-state index contributed by atoms with van der Waals surface area (Å²) in [5.41, 5.74) is 0.277. The van der Waals surface area contributed by atoms with Gasteiger partial charge < -0.3 is 10.4 Å². The fourth-order valence-corrected chi connectivity index (χ4v) is 1.42. The van der Waals surface area contributed by atoms with Gasteiger partial charge in [-0.2, -0.15) is 0 Å². The van der Waals surface area contributed by atoms with Crippen LogP contribution < -0.4 is 5.32 Å². The summed E-state index contributed by atoms with van der Waals surface area (Å²) >= 11 is 0. The minimum atomic E-state index is -1.13. The Morgan fingerprint density at radius 2 is 2.10 bits per heavy atom. The second-order valence-electron chi connectivity index (χ2n) is 4.39. The molecule has 3 N–H and O–H groups in total. The molecule has 0 bridgehead atoms. The largest absolute Gasteiger partial charge is 0.477 e. The summed E-state index contributed by atoms with van der Waals surface area (Å²) < 4.78 is 0. The molecule has 1 amide bonds. The molecule has 0 aliphatic rings. The molecule has 2 aromatic heterocycles. The van der Waals surface area contributed by atoms with Crippen LogP contribution in [0.3, 0.4) is 0 Å². The number of rotatable bonds is 4. The Labute approximate surface area is 114 Å². The highest BCUT2D eigenvalue weighted by atomic mass is 16.4. The maximum absolute atomic E-state index is 11.9. The quantitative estimate of drug-likeness (QED) is 0.772. The van der Waals surface area contributed by atoms with E-state index in [2.05, 4.69) is 25.5 Å². The van der Waals surface area contributed by atoms with E-state index < -0.39 is 11.9 Å². The second-order valence-corrected chi connectivity index (χ2v) is 4.39. The molecule has 2 heterocycles. The van der Waals surface area contributed by atoms with E-state index in [0.29, 0.717) is 11.5 Å². The number of carbonyl (C=O) groups is 2. The molecule has 0 saturated heterocycles. The third-order valence-electron chi connectivity index (χ3n) is 2.49. The van der Waals surface area contributed by atoms with Crippen molar-refractivity contribution in [2.75, 3.05) is 5.32 Å². The number of pyridine rings is 1. The number of carboxylic acids is 1. The van der Waals surface area contributed by atoms with Gasteiger partial charge in [-0.3, -0.25) is 9.89 Å². The first kappa shape index (κ1) is 13.7. The molecule has 0 aliphatic heterocycles. The van der Waals surface area contributed by atoms with Crippen molar-refractivity contribution >= 4 is 17.6 Å². The van der Waals surface area contributed by atoms with Gasteiger partial charge in [-0.1, -0.05) is 13.8 Å². The highest BCUT2D eigenvalue weighted by Gasteiger charge is 2.14. The zero-order chi connectivity index (χ0) is 14.7. The van der Waals surface area contributed by atoms with E-state index in [0.717, 1.165) is 0 Å². The normalized spacial score (nSPS) is 10.6. The zero-order valence-electron chi connectivity index (χ0n) is 10.9. The molecule has 8 heteroatoms. The number of carboxylic acid groups (broad SMARTS) is 1. The lowest BCUT2D eigenvalue weighted by Crippen LogP contribution is -2.14. The average Bonchev–Trinajstić information content (AvgIpc) is 2.89. The third kappa shape index (κ3) is 2.97. The molecular formula is C12H13N5O3. The molecule has 20 heavy (non-hydrogen) atoms. The summed E-state index contributed by atoms with van der Waals surface area (Å²) in [7, 11) is 0. The van der Waals surface area contributed by atoms with E-state index in [4.69, 9.17) is 5.11 Å². The molecule has 8 nitrogen and oxygen atoms in total. The smallest absolute Gasteiger partial charge is 0.354 e. The molecule has 0 aliphatic carbocycles. The summed E-state index contributed by atoms with van der Waals surface area (Å²) in [6.07, 6.45) is 1.26. The van der Waals surface area contributed by atoms with Crippen molar-refractivity contribution in [2.24, 2.45) is 0 Å². The van der Waals surface area contributed by atoms with Crippen molar-refractivity contribution in [3.05, 3.63) is 35.7 Å². The number of carbonyl (C=O) groups excluding carboxylic acids is 1. The molecule has 0 spiro atoms. The number of aromatic nitrogens is 4. The Kier molecular flexibility index (Phi) is 3.74. The van der Waals surface area contributed by atoms with Gasteiger partial charge in [-0.05, 0) is 12.1 Å². The van der Waals surface area contributed by atoms with Gasteiger partial charge in [-0.25, -0.2) is 14.8 Å². The van der Waals surface area contributed by atoms with Crippen molar-refractivity contribution < 1.29 is 14.7 Å². The Bertz CT molecular complexity index is 633. The van der Waals surface area contributed by atoms with Gasteiger partial charge in [0.15, 0.2) is 0 Å². The standard InChI is InChI=1S/C12H13N5O3/c1-6(2)9-15-10(17-16-9)11(18)14-7-3-4-8(12(19)20)13-5-7/h3-6H,1-2H3,(H,14,18)(H,19,20)(H,15,16,17). The highest BCUT2D eigenvalue weighted by Crippen LogP contribution is 2.10. The molecule has 0 atom stereocenters. The number of aromatic amines is 1. The first-order valence-electron chi connectivity index (χ1n) is 5.90. The van der Waals surface area contributed by atoms with Gasteiger partial charge >= 0.3 is 5.97 Å². The van der Waals surface area contributed by atoms with Crippen LogP contribution in [0.2, 0.25) is 0 Å². The lowest BCUT2D eigenvalue weighted by atomic mass is 10.2. The summed E-state index contributed by atoms with van der Waals surface area (Å²) in [6, 6.07) is 2.75. The maximum atomic E-state index is 11.9. The fraction of sp³-hybridized carbons (Fsp3) is 0.250. The van der Waals surface area contributed by atoms with Gasteiger partial charge in [0.25, 0.3) is 5.91 Å². The second kappa shape index (κ2) is 5.47. The Balaban J connectivity index is 2.08. The molecule has 2 aromatic rings. The number of aromatic carboxylic acids is 1. The van der Waals surface area contributed by atoms with Crippen molar-refractivity contribution in [3.8, 4) is 0 Å². The first-order valence-corrected chi connectivity index (χ1v) is 5.90. The van der Waals surface area contributed by atoms with Gasteiger partial charge in [0.05, 0.1) is 11.9 Å². The van der Waals surface area contributed by atoms with Crippen LogP contribution in [0.5, 0.6) is 0 Å². The predicted molar refractivity (Wildman–Crippen MR) is 69.6 cm³/mol. The third-order valence-corrected chi connectivity index (χ3v) is 2.49. The fourth-order valence-electron chi connectivity index (χ4n) is 1.42. The van der Waals surface area contributed by atoms with Crippen LogP contribution in [0.25, 0.3) is 0 Å². The van der Waals surface area contributed by atoms with Crippen LogP contribution in [0, 0.1) is 0 Å². The minimum Gasteiger partial charge on any atom is -0.477 e. The lowest BCUT2D eigenvalue weighted by Gasteiger charge is -2.02. The maximum Gasteiger partial charge on any atom is 0.354 e. The molecule has 104 valence electrons. The van der Waals surface area contributed by atoms with Crippen LogP contribution in [0.15, 0.2) is 18.3 Å². The zero-order valence-corrected chi connectivity index (χ0v) is 10.9. The lowest BCUT2D eigenvalue weighted by molar-refractivity contribution is 0.0690. The van der Waals surface area contributed by atoms with Crippen molar-refractivity contribution in [1.29, 1.82) is 0 Å². The van der Waals surface area contributed by atoms with Gasteiger partial charge in [0.2, 0.25) is 5.82 Å². The molecule has 0 aromatic carbocycles. The summed E-state index contributed by atoms with van der Waals surface area (Å²) in [5, 5.41) is 17.8. The van der Waals surface area contributed by atoms with Gasteiger partial charge in [0, 0.05) is 5.92 Å². The van der Waals surface area contributed by atoms with Gasteiger partial charge in [-0.15, -0.1) is 5.10 Å². The van der Waals surface area contributed by atoms with Crippen LogP contribution in [-0.2, 0) is 0 Å².